The fraction of sp³-hybridized carbons (Fsp3) is 0.462. The van der Waals surface area contributed by atoms with Crippen LogP contribution in [0.3, 0.4) is 0 Å². The summed E-state index contributed by atoms with van der Waals surface area (Å²) in [6.07, 6.45) is 3.42. The lowest BCUT2D eigenvalue weighted by Gasteiger charge is -2.07. The van der Waals surface area contributed by atoms with Gasteiger partial charge in [0.1, 0.15) is 0 Å². The summed E-state index contributed by atoms with van der Waals surface area (Å²) in [6.45, 7) is 2.19. The van der Waals surface area contributed by atoms with E-state index in [1.807, 2.05) is 18.2 Å². The Labute approximate surface area is 85.4 Å². The molecule has 1 aliphatic carbocycles. The zero-order valence-corrected chi connectivity index (χ0v) is 8.53. The molecular weight excluding hydrogens is 170 g/mol. The number of hydrogen-bond donors (Lipinski definition) is 0. The van der Waals surface area contributed by atoms with E-state index in [-0.39, 0.29) is 5.41 Å². The lowest BCUT2D eigenvalue weighted by Crippen LogP contribution is -2.06. The molecule has 1 aromatic carbocycles. The maximum atomic E-state index is 9.26. The molecule has 1 nitrogen and oxygen atoms in total. The van der Waals surface area contributed by atoms with E-state index in [1.54, 1.807) is 0 Å². The first-order valence-electron chi connectivity index (χ1n) is 5.30. The molecule has 2 unspecified atom stereocenters. The van der Waals surface area contributed by atoms with E-state index in [0.29, 0.717) is 5.92 Å². The van der Waals surface area contributed by atoms with Crippen molar-refractivity contribution in [3.63, 3.8) is 0 Å². The molecule has 1 saturated carbocycles. The number of benzene rings is 1. The summed E-state index contributed by atoms with van der Waals surface area (Å²) in [5.74, 6) is 0.597. The predicted molar refractivity (Wildman–Crippen MR) is 56.7 cm³/mol. The Morgan fingerprint density at radius 2 is 2.14 bits per heavy atom. The zero-order valence-electron chi connectivity index (χ0n) is 8.53. The highest BCUT2D eigenvalue weighted by atomic mass is 14.6. The molecule has 2 atom stereocenters. The van der Waals surface area contributed by atoms with Gasteiger partial charge in [0.25, 0.3) is 0 Å². The van der Waals surface area contributed by atoms with E-state index in [9.17, 15) is 5.26 Å². The summed E-state index contributed by atoms with van der Waals surface area (Å²) in [4.78, 5) is 0. The van der Waals surface area contributed by atoms with Crippen LogP contribution in [0.25, 0.3) is 0 Å². The van der Waals surface area contributed by atoms with Gasteiger partial charge in [-0.3, -0.25) is 0 Å². The lowest BCUT2D eigenvalue weighted by molar-refractivity contribution is 0.645. The van der Waals surface area contributed by atoms with E-state index >= 15 is 0 Å². The van der Waals surface area contributed by atoms with Crippen LogP contribution in [-0.4, -0.2) is 0 Å². The monoisotopic (exact) mass is 185 g/mol. The maximum absolute atomic E-state index is 9.26. The number of nitrogens with zero attached hydrogens (tertiary/aromatic N) is 1. The molecule has 1 heteroatoms. The molecule has 0 bridgehead atoms. The topological polar surface area (TPSA) is 23.8 Å². The fourth-order valence-corrected chi connectivity index (χ4v) is 2.32. The Bertz CT molecular complexity index is 349. The molecule has 72 valence electrons. The molecule has 1 aliphatic rings. The number of rotatable bonds is 3. The molecule has 1 fully saturated rings. The van der Waals surface area contributed by atoms with Crippen molar-refractivity contribution in [2.45, 2.75) is 31.6 Å². The third-order valence-corrected chi connectivity index (χ3v) is 3.23. The first-order valence-corrected chi connectivity index (χ1v) is 5.30. The van der Waals surface area contributed by atoms with E-state index in [4.69, 9.17) is 0 Å². The second-order valence-corrected chi connectivity index (χ2v) is 4.14. The van der Waals surface area contributed by atoms with Gasteiger partial charge in [-0.25, -0.2) is 0 Å². The quantitative estimate of drug-likeness (QED) is 0.709. The third-order valence-electron chi connectivity index (χ3n) is 3.23. The minimum Gasteiger partial charge on any atom is -0.197 e. The Morgan fingerprint density at radius 3 is 2.71 bits per heavy atom. The molecule has 2 rings (SSSR count). The van der Waals surface area contributed by atoms with Crippen molar-refractivity contribution in [3.05, 3.63) is 35.9 Å². The highest BCUT2D eigenvalue weighted by Gasteiger charge is 2.55. The van der Waals surface area contributed by atoms with E-state index in [2.05, 4.69) is 25.1 Å². The van der Waals surface area contributed by atoms with Crippen molar-refractivity contribution in [1.82, 2.24) is 0 Å². The molecule has 0 heterocycles. The zero-order chi connectivity index (χ0) is 10.0. The molecule has 1 aromatic rings. The fourth-order valence-electron chi connectivity index (χ4n) is 2.32. The molecule has 0 amide bonds. The highest BCUT2D eigenvalue weighted by molar-refractivity contribution is 5.41. The van der Waals surface area contributed by atoms with Crippen LogP contribution in [0, 0.1) is 17.2 Å². The molecular formula is C13H15N. The van der Waals surface area contributed by atoms with Gasteiger partial charge in [-0.1, -0.05) is 43.7 Å². The number of nitriles is 1. The van der Waals surface area contributed by atoms with Crippen LogP contribution in [0.2, 0.25) is 0 Å². The van der Waals surface area contributed by atoms with Gasteiger partial charge >= 0.3 is 0 Å². The largest absolute Gasteiger partial charge is 0.197 e. The van der Waals surface area contributed by atoms with E-state index in [1.165, 1.54) is 18.4 Å². The van der Waals surface area contributed by atoms with Crippen LogP contribution in [0.15, 0.2) is 30.3 Å². The standard InChI is InChI=1S/C13H15N/c1-2-6-12-9-13(12,10-14)11-7-4-3-5-8-11/h3-5,7-8,12H,2,6,9H2,1H3. The van der Waals surface area contributed by atoms with Crippen molar-refractivity contribution >= 4 is 0 Å². The summed E-state index contributed by atoms with van der Waals surface area (Å²) < 4.78 is 0. The molecule has 0 N–H and O–H groups in total. The minimum atomic E-state index is -0.142. The summed E-state index contributed by atoms with van der Waals surface area (Å²) in [6, 6.07) is 12.7. The van der Waals surface area contributed by atoms with Crippen LogP contribution < -0.4 is 0 Å². The van der Waals surface area contributed by atoms with Crippen LogP contribution >= 0.6 is 0 Å². The SMILES string of the molecule is CCCC1CC1(C#N)c1ccccc1. The summed E-state index contributed by atoms with van der Waals surface area (Å²) in [5.41, 5.74) is 1.07. The molecule has 0 aliphatic heterocycles. The lowest BCUT2D eigenvalue weighted by atomic mass is 9.93. The van der Waals surface area contributed by atoms with Crippen LogP contribution in [0.5, 0.6) is 0 Å². The van der Waals surface area contributed by atoms with Gasteiger partial charge in [-0.2, -0.15) is 5.26 Å². The van der Waals surface area contributed by atoms with Crippen molar-refractivity contribution in [2.24, 2.45) is 5.92 Å². The molecule has 0 saturated heterocycles. The van der Waals surface area contributed by atoms with Crippen molar-refractivity contribution < 1.29 is 0 Å². The highest BCUT2D eigenvalue weighted by Crippen LogP contribution is 2.55. The van der Waals surface area contributed by atoms with Crippen LogP contribution in [0.4, 0.5) is 0 Å². The smallest absolute Gasteiger partial charge is 0.0854 e. The average Bonchev–Trinajstić information content (AvgIpc) is 2.95. The van der Waals surface area contributed by atoms with Crippen LogP contribution in [0.1, 0.15) is 31.7 Å². The van der Waals surface area contributed by atoms with Crippen molar-refractivity contribution in [2.75, 3.05) is 0 Å². The van der Waals surface area contributed by atoms with Gasteiger partial charge in [-0.05, 0) is 24.3 Å². The predicted octanol–water partition coefficient (Wildman–Crippen LogP) is 3.27. The summed E-state index contributed by atoms with van der Waals surface area (Å²) >= 11 is 0. The molecule has 0 radical (unpaired) electrons. The first kappa shape index (κ1) is 9.27. The molecule has 0 aromatic heterocycles. The normalized spacial score (nSPS) is 29.6. The Morgan fingerprint density at radius 1 is 1.43 bits per heavy atom. The van der Waals surface area contributed by atoms with Gasteiger partial charge in [0, 0.05) is 0 Å². The second kappa shape index (κ2) is 3.46. The van der Waals surface area contributed by atoms with Gasteiger partial charge in [0.15, 0.2) is 0 Å². The van der Waals surface area contributed by atoms with Gasteiger partial charge in [0.05, 0.1) is 11.5 Å². The van der Waals surface area contributed by atoms with Crippen molar-refractivity contribution in [1.29, 1.82) is 5.26 Å². The van der Waals surface area contributed by atoms with E-state index in [0.717, 1.165) is 6.42 Å². The van der Waals surface area contributed by atoms with Crippen LogP contribution in [-0.2, 0) is 5.41 Å². The Hall–Kier alpha value is -1.29. The summed E-state index contributed by atoms with van der Waals surface area (Å²) in [5, 5.41) is 9.26. The number of hydrogen-bond acceptors (Lipinski definition) is 1. The Kier molecular flexibility index (Phi) is 2.29. The summed E-state index contributed by atoms with van der Waals surface area (Å²) in [7, 11) is 0. The maximum Gasteiger partial charge on any atom is 0.0854 e. The van der Waals surface area contributed by atoms with Gasteiger partial charge in [0.2, 0.25) is 0 Å². The Balaban J connectivity index is 2.22. The van der Waals surface area contributed by atoms with Crippen molar-refractivity contribution in [3.8, 4) is 6.07 Å². The minimum absolute atomic E-state index is 0.142. The van der Waals surface area contributed by atoms with Gasteiger partial charge in [-0.15, -0.1) is 0 Å². The van der Waals surface area contributed by atoms with E-state index < -0.39 is 0 Å². The second-order valence-electron chi connectivity index (χ2n) is 4.14. The molecule has 0 spiro atoms. The first-order chi connectivity index (χ1) is 6.83. The van der Waals surface area contributed by atoms with Gasteiger partial charge < -0.3 is 0 Å². The average molecular weight is 185 g/mol. The molecule has 14 heavy (non-hydrogen) atoms. The third kappa shape index (κ3) is 1.32.